The number of piperidine rings is 1. The molecular weight excluding hydrogens is 340 g/mol. The van der Waals surface area contributed by atoms with Crippen molar-refractivity contribution in [2.24, 2.45) is 5.92 Å². The highest BCUT2D eigenvalue weighted by atomic mass is 16.7. The zero-order chi connectivity index (χ0) is 18.7. The van der Waals surface area contributed by atoms with Crippen LogP contribution in [0.4, 0.5) is 5.69 Å². The zero-order valence-electron chi connectivity index (χ0n) is 14.9. The third-order valence-corrected chi connectivity index (χ3v) is 4.66. The Labute approximate surface area is 151 Å². The number of ketones is 1. The van der Waals surface area contributed by atoms with E-state index in [1.54, 1.807) is 12.1 Å². The Morgan fingerprint density at radius 1 is 1.19 bits per heavy atom. The number of rotatable bonds is 5. The summed E-state index contributed by atoms with van der Waals surface area (Å²) >= 11 is 0. The van der Waals surface area contributed by atoms with Gasteiger partial charge in [0, 0.05) is 11.6 Å². The molecule has 0 aromatic heterocycles. The Bertz CT molecular complexity index is 725. The molecule has 0 spiro atoms. The first-order valence-electron chi connectivity index (χ1n) is 8.52. The summed E-state index contributed by atoms with van der Waals surface area (Å²) in [4.78, 5) is 37.8. The molecule has 2 aliphatic heterocycles. The lowest BCUT2D eigenvalue weighted by atomic mass is 9.97. The molecule has 0 bridgehead atoms. The first kappa shape index (κ1) is 18.2. The van der Waals surface area contributed by atoms with Gasteiger partial charge in [0.25, 0.3) is 0 Å². The summed E-state index contributed by atoms with van der Waals surface area (Å²) in [6.45, 7) is 3.02. The van der Waals surface area contributed by atoms with E-state index in [4.69, 9.17) is 14.2 Å². The summed E-state index contributed by atoms with van der Waals surface area (Å²) in [5, 5.41) is 2.79. The normalized spacial score (nSPS) is 17.0. The molecule has 26 heavy (non-hydrogen) atoms. The van der Waals surface area contributed by atoms with Gasteiger partial charge in [-0.15, -0.1) is 0 Å². The monoisotopic (exact) mass is 362 g/mol. The van der Waals surface area contributed by atoms with Crippen molar-refractivity contribution < 1.29 is 28.6 Å². The van der Waals surface area contributed by atoms with Crippen molar-refractivity contribution >= 4 is 23.3 Å². The fourth-order valence-electron chi connectivity index (χ4n) is 3.22. The lowest BCUT2D eigenvalue weighted by molar-refractivity contribution is -0.147. The van der Waals surface area contributed by atoms with Crippen molar-refractivity contribution in [3.05, 3.63) is 17.7 Å². The molecular formula is C18H22N2O6. The van der Waals surface area contributed by atoms with Gasteiger partial charge >= 0.3 is 5.97 Å². The number of Topliss-reactive ketones (excluding diaryl/α,β-unsaturated/α-hetero) is 1. The Hall–Kier alpha value is -2.61. The standard InChI is InChI=1S/C18H22N2O6/c1-11(21)13-7-15-16(26-10-25-15)8-14(13)19-17(22)9-20-5-3-12(4-6-20)18(23)24-2/h7-8,12H,3-6,9-10H2,1-2H3,(H,19,22). The van der Waals surface area contributed by atoms with E-state index < -0.39 is 0 Å². The highest BCUT2D eigenvalue weighted by Crippen LogP contribution is 2.37. The lowest BCUT2D eigenvalue weighted by Gasteiger charge is -2.30. The second-order valence-corrected chi connectivity index (χ2v) is 6.43. The molecule has 0 atom stereocenters. The van der Waals surface area contributed by atoms with Crippen LogP contribution in [0.2, 0.25) is 0 Å². The number of amides is 1. The van der Waals surface area contributed by atoms with Gasteiger partial charge in [0.05, 0.1) is 25.3 Å². The van der Waals surface area contributed by atoms with Gasteiger partial charge in [0.1, 0.15) is 0 Å². The molecule has 0 saturated carbocycles. The molecule has 0 aliphatic carbocycles. The van der Waals surface area contributed by atoms with Gasteiger partial charge < -0.3 is 19.5 Å². The molecule has 2 aliphatic rings. The number of nitrogens with zero attached hydrogens (tertiary/aromatic N) is 1. The predicted octanol–water partition coefficient (Wildman–Crippen LogP) is 1.44. The van der Waals surface area contributed by atoms with E-state index in [0.717, 1.165) is 0 Å². The van der Waals surface area contributed by atoms with E-state index in [9.17, 15) is 14.4 Å². The maximum Gasteiger partial charge on any atom is 0.308 e. The number of likely N-dealkylation sites (tertiary alicyclic amines) is 1. The number of anilines is 1. The van der Waals surface area contributed by atoms with Crippen molar-refractivity contribution in [3.8, 4) is 11.5 Å². The van der Waals surface area contributed by atoms with Gasteiger partial charge in [0.15, 0.2) is 17.3 Å². The third kappa shape index (κ3) is 3.96. The summed E-state index contributed by atoms with van der Waals surface area (Å²) < 4.78 is 15.4. The number of carbonyl (C=O) groups excluding carboxylic acids is 3. The van der Waals surface area contributed by atoms with Crippen molar-refractivity contribution in [2.45, 2.75) is 19.8 Å². The molecule has 140 valence electrons. The Balaban J connectivity index is 1.61. The highest BCUT2D eigenvalue weighted by molar-refractivity contribution is 6.05. The van der Waals surface area contributed by atoms with Crippen molar-refractivity contribution in [2.75, 3.05) is 38.9 Å². The molecule has 0 radical (unpaired) electrons. The van der Waals surface area contributed by atoms with Gasteiger partial charge in [-0.05, 0) is 38.9 Å². The predicted molar refractivity (Wildman–Crippen MR) is 92.4 cm³/mol. The number of esters is 1. The van der Waals surface area contributed by atoms with Gasteiger partial charge in [-0.25, -0.2) is 0 Å². The molecule has 2 heterocycles. The molecule has 3 rings (SSSR count). The van der Waals surface area contributed by atoms with Crippen LogP contribution in [0.25, 0.3) is 0 Å². The minimum Gasteiger partial charge on any atom is -0.469 e. The van der Waals surface area contributed by atoms with E-state index in [2.05, 4.69) is 5.32 Å². The van der Waals surface area contributed by atoms with Crippen LogP contribution in [-0.2, 0) is 14.3 Å². The fraction of sp³-hybridized carbons (Fsp3) is 0.500. The van der Waals surface area contributed by atoms with Gasteiger partial charge in [-0.1, -0.05) is 0 Å². The molecule has 0 unspecified atom stereocenters. The number of nitrogens with one attached hydrogen (secondary N) is 1. The van der Waals surface area contributed by atoms with E-state index in [1.165, 1.54) is 14.0 Å². The van der Waals surface area contributed by atoms with E-state index in [-0.39, 0.29) is 36.9 Å². The third-order valence-electron chi connectivity index (χ3n) is 4.66. The van der Waals surface area contributed by atoms with Crippen molar-refractivity contribution in [3.63, 3.8) is 0 Å². The number of fused-ring (bicyclic) bond motifs is 1. The number of benzene rings is 1. The first-order chi connectivity index (χ1) is 12.5. The summed E-state index contributed by atoms with van der Waals surface area (Å²) in [7, 11) is 1.39. The van der Waals surface area contributed by atoms with E-state index >= 15 is 0 Å². The van der Waals surface area contributed by atoms with Crippen LogP contribution in [0, 0.1) is 5.92 Å². The minimum atomic E-state index is -0.220. The number of methoxy groups -OCH3 is 1. The van der Waals surface area contributed by atoms with Crippen LogP contribution in [0.1, 0.15) is 30.1 Å². The number of hydrogen-bond donors (Lipinski definition) is 1. The summed E-state index contributed by atoms with van der Waals surface area (Å²) in [5.41, 5.74) is 0.795. The van der Waals surface area contributed by atoms with Crippen molar-refractivity contribution in [1.82, 2.24) is 4.90 Å². The Morgan fingerprint density at radius 3 is 2.46 bits per heavy atom. The van der Waals surface area contributed by atoms with Crippen LogP contribution in [0.3, 0.4) is 0 Å². The minimum absolute atomic E-state index is 0.0964. The average molecular weight is 362 g/mol. The summed E-state index contributed by atoms with van der Waals surface area (Å²) in [6.07, 6.45) is 1.34. The fourth-order valence-corrected chi connectivity index (χ4v) is 3.22. The molecule has 1 aromatic rings. The molecule has 1 amide bonds. The van der Waals surface area contributed by atoms with Crippen LogP contribution >= 0.6 is 0 Å². The second-order valence-electron chi connectivity index (χ2n) is 6.43. The maximum atomic E-state index is 12.4. The largest absolute Gasteiger partial charge is 0.469 e. The number of hydrogen-bond acceptors (Lipinski definition) is 7. The molecule has 1 saturated heterocycles. The molecule has 1 N–H and O–H groups in total. The molecule has 8 heteroatoms. The van der Waals surface area contributed by atoms with Gasteiger partial charge in [-0.2, -0.15) is 0 Å². The van der Waals surface area contributed by atoms with E-state index in [0.29, 0.717) is 48.7 Å². The smallest absolute Gasteiger partial charge is 0.308 e. The molecule has 8 nitrogen and oxygen atoms in total. The van der Waals surface area contributed by atoms with Crippen molar-refractivity contribution in [1.29, 1.82) is 0 Å². The van der Waals surface area contributed by atoms with Crippen LogP contribution in [0.15, 0.2) is 12.1 Å². The van der Waals surface area contributed by atoms with Gasteiger partial charge in [-0.3, -0.25) is 19.3 Å². The van der Waals surface area contributed by atoms with Crippen LogP contribution in [-0.4, -0.2) is 56.1 Å². The topological polar surface area (TPSA) is 94.2 Å². The quantitative estimate of drug-likeness (QED) is 0.626. The average Bonchev–Trinajstić information content (AvgIpc) is 3.08. The molecule has 1 fully saturated rings. The molecule has 1 aromatic carbocycles. The van der Waals surface area contributed by atoms with Crippen LogP contribution < -0.4 is 14.8 Å². The van der Waals surface area contributed by atoms with E-state index in [1.807, 2.05) is 4.90 Å². The highest BCUT2D eigenvalue weighted by Gasteiger charge is 2.27. The summed E-state index contributed by atoms with van der Waals surface area (Å²) in [5.74, 6) is 0.320. The Morgan fingerprint density at radius 2 is 1.85 bits per heavy atom. The Kier molecular flexibility index (Phi) is 5.41. The van der Waals surface area contributed by atoms with Gasteiger partial charge in [0.2, 0.25) is 12.7 Å². The zero-order valence-corrected chi connectivity index (χ0v) is 14.9. The van der Waals surface area contributed by atoms with Crippen LogP contribution in [0.5, 0.6) is 11.5 Å². The summed E-state index contributed by atoms with van der Waals surface area (Å²) in [6, 6.07) is 3.20. The first-order valence-corrected chi connectivity index (χ1v) is 8.52. The lowest BCUT2D eigenvalue weighted by Crippen LogP contribution is -2.41. The number of carbonyl (C=O) groups is 3. The second kappa shape index (κ2) is 7.74. The SMILES string of the molecule is COC(=O)C1CCN(CC(=O)Nc2cc3c(cc2C(C)=O)OCO3)CC1. The number of ether oxygens (including phenoxy) is 3. The maximum absolute atomic E-state index is 12.4.